The lowest BCUT2D eigenvalue weighted by atomic mass is 10.1. The van der Waals surface area contributed by atoms with Crippen molar-refractivity contribution >= 4 is 51.4 Å². The molecule has 0 fully saturated rings. The summed E-state index contributed by atoms with van der Waals surface area (Å²) < 4.78 is 12.7. The molecule has 0 aliphatic heterocycles. The Kier molecular flexibility index (Phi) is 7.87. The first-order valence-electron chi connectivity index (χ1n) is 13.1. The highest BCUT2D eigenvalue weighted by Gasteiger charge is 2.28. The van der Waals surface area contributed by atoms with Gasteiger partial charge in [0, 0.05) is 47.0 Å². The van der Waals surface area contributed by atoms with Crippen molar-refractivity contribution in [2.45, 2.75) is 71.6 Å². The third-order valence-electron chi connectivity index (χ3n) is 5.87. The maximum absolute atomic E-state index is 13.1. The predicted molar refractivity (Wildman–Crippen MR) is 155 cm³/mol. The van der Waals surface area contributed by atoms with Gasteiger partial charge in [-0.1, -0.05) is 0 Å². The highest BCUT2D eigenvalue weighted by Crippen LogP contribution is 2.29. The second-order valence-corrected chi connectivity index (χ2v) is 11.7. The third kappa shape index (κ3) is 7.27. The zero-order valence-electron chi connectivity index (χ0n) is 24.0. The van der Waals surface area contributed by atoms with Crippen molar-refractivity contribution < 1.29 is 23.9 Å². The number of anilines is 2. The summed E-state index contributed by atoms with van der Waals surface area (Å²) in [6.07, 6.45) is 5.40. The smallest absolute Gasteiger partial charge is 0.329 e. The molecule has 12 heteroatoms. The average Bonchev–Trinajstić information content (AvgIpc) is 3.28. The average molecular weight is 562 g/mol. The lowest BCUT2D eigenvalue weighted by Gasteiger charge is -2.25. The summed E-state index contributed by atoms with van der Waals surface area (Å²) in [5, 5.41) is 4.94. The summed E-state index contributed by atoms with van der Waals surface area (Å²) in [5.74, 6) is -1.29. The van der Waals surface area contributed by atoms with E-state index in [0.29, 0.717) is 16.6 Å². The fourth-order valence-corrected chi connectivity index (χ4v) is 4.20. The molecule has 0 aliphatic rings. The van der Waals surface area contributed by atoms with Gasteiger partial charge in [0.1, 0.15) is 23.1 Å². The topological polar surface area (TPSA) is 177 Å². The van der Waals surface area contributed by atoms with Crippen molar-refractivity contribution in [3.63, 3.8) is 0 Å². The van der Waals surface area contributed by atoms with E-state index in [9.17, 15) is 14.4 Å². The van der Waals surface area contributed by atoms with Gasteiger partial charge in [-0.2, -0.15) is 9.97 Å². The van der Waals surface area contributed by atoms with E-state index in [1.165, 1.54) is 0 Å². The van der Waals surface area contributed by atoms with Gasteiger partial charge in [-0.15, -0.1) is 0 Å². The zero-order chi connectivity index (χ0) is 30.1. The number of ether oxygens (including phenoxy) is 2. The number of benzene rings is 1. The van der Waals surface area contributed by atoms with Crippen LogP contribution in [0.1, 0.15) is 64.7 Å². The van der Waals surface area contributed by atoms with E-state index in [1.807, 2.05) is 17.0 Å². The number of nitrogen functional groups attached to an aromatic ring is 2. The van der Waals surface area contributed by atoms with Gasteiger partial charge in [0.25, 0.3) is 5.91 Å². The lowest BCUT2D eigenvalue weighted by Crippen LogP contribution is -2.44. The number of esters is 2. The minimum absolute atomic E-state index is 0.0318. The number of hydrogen-bond acceptors (Lipinski definition) is 10. The molecule has 0 saturated carbocycles. The van der Waals surface area contributed by atoms with E-state index in [4.69, 9.17) is 20.9 Å². The van der Waals surface area contributed by atoms with Gasteiger partial charge in [-0.3, -0.25) is 9.59 Å². The molecule has 41 heavy (non-hydrogen) atoms. The first kappa shape index (κ1) is 29.2. The molecule has 12 nitrogen and oxygen atoms in total. The number of nitrogens with two attached hydrogens (primary N) is 2. The van der Waals surface area contributed by atoms with Crippen LogP contribution in [0.4, 0.5) is 11.8 Å². The van der Waals surface area contributed by atoms with Crippen LogP contribution < -0.4 is 16.8 Å². The molecule has 0 unspecified atom stereocenters. The van der Waals surface area contributed by atoms with Gasteiger partial charge in [-0.25, -0.2) is 9.78 Å². The minimum atomic E-state index is -1.04. The van der Waals surface area contributed by atoms with Crippen molar-refractivity contribution in [2.75, 3.05) is 11.5 Å². The van der Waals surface area contributed by atoms with Crippen LogP contribution in [0, 0.1) is 0 Å². The van der Waals surface area contributed by atoms with Gasteiger partial charge >= 0.3 is 11.9 Å². The molecular weight excluding hydrogens is 526 g/mol. The monoisotopic (exact) mass is 561 g/mol. The summed E-state index contributed by atoms with van der Waals surface area (Å²) in [7, 11) is 0. The molecule has 5 N–H and O–H groups in total. The van der Waals surface area contributed by atoms with E-state index in [0.717, 1.165) is 16.5 Å². The molecule has 3 aromatic heterocycles. The maximum atomic E-state index is 13.1. The number of aromatic nitrogens is 4. The SMILES string of the molecule is CC(C)(C)OC(=O)CC[C@H](NC(=O)c1ccc(-n2cc3cnc4nc(N)nc(N)c4c3c2)cc1)C(=O)OC(C)(C)C. The molecule has 4 rings (SSSR count). The van der Waals surface area contributed by atoms with E-state index in [1.54, 1.807) is 72.0 Å². The van der Waals surface area contributed by atoms with Gasteiger partial charge < -0.3 is 30.8 Å². The van der Waals surface area contributed by atoms with Gasteiger partial charge in [0.2, 0.25) is 5.95 Å². The molecule has 0 spiro atoms. The number of carbonyl (C=O) groups is 3. The molecule has 1 amide bonds. The van der Waals surface area contributed by atoms with Crippen LogP contribution in [0.5, 0.6) is 0 Å². The lowest BCUT2D eigenvalue weighted by molar-refractivity contribution is -0.158. The maximum Gasteiger partial charge on any atom is 0.329 e. The van der Waals surface area contributed by atoms with Crippen LogP contribution in [-0.2, 0) is 19.1 Å². The Bertz CT molecular complexity index is 1620. The summed E-state index contributed by atoms with van der Waals surface area (Å²) in [6.45, 7) is 10.5. The van der Waals surface area contributed by atoms with E-state index >= 15 is 0 Å². The van der Waals surface area contributed by atoms with Crippen LogP contribution in [0.3, 0.4) is 0 Å². The summed E-state index contributed by atoms with van der Waals surface area (Å²) >= 11 is 0. The van der Waals surface area contributed by atoms with Crippen molar-refractivity contribution in [3.05, 3.63) is 48.4 Å². The van der Waals surface area contributed by atoms with Crippen molar-refractivity contribution in [3.8, 4) is 5.69 Å². The highest BCUT2D eigenvalue weighted by atomic mass is 16.6. The van der Waals surface area contributed by atoms with Crippen LogP contribution in [0.2, 0.25) is 0 Å². The fourth-order valence-electron chi connectivity index (χ4n) is 4.20. The van der Waals surface area contributed by atoms with E-state index in [-0.39, 0.29) is 24.6 Å². The minimum Gasteiger partial charge on any atom is -0.460 e. The molecule has 1 atom stereocenters. The van der Waals surface area contributed by atoms with E-state index < -0.39 is 35.1 Å². The molecule has 0 aliphatic carbocycles. The number of fused-ring (bicyclic) bond motifs is 3. The second kappa shape index (κ2) is 11.0. The highest BCUT2D eigenvalue weighted by molar-refractivity contribution is 6.09. The van der Waals surface area contributed by atoms with Crippen molar-refractivity contribution in [2.24, 2.45) is 0 Å². The first-order chi connectivity index (χ1) is 19.1. The van der Waals surface area contributed by atoms with Crippen LogP contribution in [0.15, 0.2) is 42.9 Å². The molecule has 3 heterocycles. The van der Waals surface area contributed by atoms with E-state index in [2.05, 4.69) is 20.3 Å². The molecule has 216 valence electrons. The number of carbonyl (C=O) groups excluding carboxylic acids is 3. The predicted octanol–water partition coefficient (Wildman–Crippen LogP) is 3.70. The summed E-state index contributed by atoms with van der Waals surface area (Å²) in [4.78, 5) is 50.8. The number of pyridine rings is 1. The van der Waals surface area contributed by atoms with Crippen molar-refractivity contribution in [1.82, 2.24) is 24.8 Å². The van der Waals surface area contributed by atoms with Crippen LogP contribution in [0.25, 0.3) is 27.5 Å². The van der Waals surface area contributed by atoms with Crippen LogP contribution in [-0.4, -0.2) is 54.6 Å². The van der Waals surface area contributed by atoms with Gasteiger partial charge in [-0.05, 0) is 72.2 Å². The van der Waals surface area contributed by atoms with Gasteiger partial charge in [0.15, 0.2) is 5.65 Å². The zero-order valence-corrected chi connectivity index (χ0v) is 24.0. The Morgan fingerprint density at radius 3 is 2.24 bits per heavy atom. The number of hydrogen-bond donors (Lipinski definition) is 3. The normalized spacial score (nSPS) is 12.7. The molecular formula is C29H35N7O5. The van der Waals surface area contributed by atoms with Crippen molar-refractivity contribution in [1.29, 1.82) is 0 Å². The fraction of sp³-hybridized carbons (Fsp3) is 0.379. The molecule has 0 bridgehead atoms. The Balaban J connectivity index is 1.52. The summed E-state index contributed by atoms with van der Waals surface area (Å²) in [6, 6.07) is 5.79. The number of rotatable bonds is 7. The second-order valence-electron chi connectivity index (χ2n) is 11.7. The standard InChI is InChI=1S/C29H35N7O5/c1-28(2,3)40-21(37)12-11-20(26(39)41-29(4,5)6)33-25(38)16-7-9-18(10-8-16)36-14-17-13-32-24-22(19(17)15-36)23(30)34-27(31)35-24/h7-10,13-15,20H,11-12H2,1-6H3,(H,33,38)(H4,30,31,34,35)/t20-/m0/s1. The van der Waals surface area contributed by atoms with Crippen LogP contribution >= 0.6 is 0 Å². The quantitative estimate of drug-likeness (QED) is 0.282. The third-order valence-corrected chi connectivity index (χ3v) is 5.87. The molecule has 1 aromatic carbocycles. The molecule has 0 radical (unpaired) electrons. The Labute approximate surface area is 237 Å². The Morgan fingerprint density at radius 1 is 0.951 bits per heavy atom. The summed E-state index contributed by atoms with van der Waals surface area (Å²) in [5.41, 5.74) is 11.9. The number of nitrogens with one attached hydrogen (secondary N) is 1. The number of amides is 1. The van der Waals surface area contributed by atoms with Gasteiger partial charge in [0.05, 0.1) is 5.39 Å². The number of nitrogens with zero attached hydrogens (tertiary/aromatic N) is 4. The Morgan fingerprint density at radius 2 is 1.61 bits per heavy atom. The first-order valence-corrected chi connectivity index (χ1v) is 13.1. The largest absolute Gasteiger partial charge is 0.460 e. The molecule has 4 aromatic rings. The molecule has 0 saturated heterocycles. The Hall–Kier alpha value is -4.74.